The summed E-state index contributed by atoms with van der Waals surface area (Å²) in [7, 11) is -3.74. The van der Waals surface area contributed by atoms with Crippen molar-refractivity contribution in [2.45, 2.75) is 4.90 Å². The molecule has 0 aliphatic heterocycles. The third kappa shape index (κ3) is 5.34. The van der Waals surface area contributed by atoms with Gasteiger partial charge in [-0.25, -0.2) is 8.42 Å². The van der Waals surface area contributed by atoms with E-state index in [0.29, 0.717) is 16.9 Å². The zero-order valence-corrected chi connectivity index (χ0v) is 14.0. The van der Waals surface area contributed by atoms with Crippen LogP contribution < -0.4 is 10.0 Å². The summed E-state index contributed by atoms with van der Waals surface area (Å²) >= 11 is 0. The Balaban J connectivity index is 0.00000243. The first-order chi connectivity index (χ1) is 12.1. The minimum atomic E-state index is -3.74. The van der Waals surface area contributed by atoms with Crippen molar-refractivity contribution < 1.29 is 13.2 Å². The van der Waals surface area contributed by atoms with Gasteiger partial charge in [-0.3, -0.25) is 9.52 Å². The van der Waals surface area contributed by atoms with E-state index in [0.717, 1.165) is 0 Å². The van der Waals surface area contributed by atoms with E-state index >= 15 is 0 Å². The molecule has 0 saturated carbocycles. The minimum absolute atomic E-state index is 0. The topological polar surface area (TPSA) is 75.3 Å². The molecule has 0 saturated heterocycles. The van der Waals surface area contributed by atoms with Gasteiger partial charge in [0.25, 0.3) is 15.9 Å². The number of carbonyl (C=O) groups excluding carboxylic acids is 1. The van der Waals surface area contributed by atoms with Crippen molar-refractivity contribution >= 4 is 85.5 Å². The predicted octanol–water partition coefficient (Wildman–Crippen LogP) is 3.09. The molecule has 0 bridgehead atoms. The van der Waals surface area contributed by atoms with E-state index in [-0.39, 0.29) is 69.0 Å². The van der Waals surface area contributed by atoms with Gasteiger partial charge in [-0.05, 0) is 36.4 Å². The fourth-order valence-corrected chi connectivity index (χ4v) is 3.37. The summed E-state index contributed by atoms with van der Waals surface area (Å²) in [6.07, 6.45) is 0. The number of benzene rings is 3. The standard InChI is InChI=1S/C19H16N2O3S.Rb.H/c22-19(15-9-3-1-4-10-15)20-17-13-7-8-14-18(17)21-25(23,24)16-11-5-2-6-12-16;;/h1-14,21H,(H,20,22);;. The number of carbonyl (C=O) groups is 1. The van der Waals surface area contributed by atoms with Crippen LogP contribution in [-0.4, -0.2) is 72.5 Å². The third-order valence-electron chi connectivity index (χ3n) is 3.51. The molecule has 3 rings (SSSR count). The molecular formula is C19H17N2O3RbS. The van der Waals surface area contributed by atoms with Crippen LogP contribution in [-0.2, 0) is 10.0 Å². The Hall–Kier alpha value is -1.31. The predicted molar refractivity (Wildman–Crippen MR) is 105 cm³/mol. The average molecular weight is 439 g/mol. The molecule has 0 aliphatic rings. The second kappa shape index (κ2) is 9.57. The molecule has 0 heterocycles. The van der Waals surface area contributed by atoms with Gasteiger partial charge in [0.15, 0.2) is 0 Å². The van der Waals surface area contributed by atoms with Crippen LogP contribution in [0.25, 0.3) is 0 Å². The van der Waals surface area contributed by atoms with Crippen LogP contribution in [0.2, 0.25) is 0 Å². The van der Waals surface area contributed by atoms with Crippen molar-refractivity contribution in [2.75, 3.05) is 10.0 Å². The average Bonchev–Trinajstić information content (AvgIpc) is 2.64. The molecule has 0 unspecified atom stereocenters. The molecule has 1 amide bonds. The molecule has 0 fully saturated rings. The Kier molecular flexibility index (Phi) is 7.73. The van der Waals surface area contributed by atoms with Gasteiger partial charge in [-0.15, -0.1) is 0 Å². The zero-order valence-electron chi connectivity index (χ0n) is 13.2. The molecule has 0 aromatic heterocycles. The van der Waals surface area contributed by atoms with Crippen molar-refractivity contribution in [3.8, 4) is 0 Å². The Bertz CT molecular complexity index is 978. The van der Waals surface area contributed by atoms with Crippen LogP contribution >= 0.6 is 0 Å². The van der Waals surface area contributed by atoms with E-state index in [4.69, 9.17) is 0 Å². The second-order valence-electron chi connectivity index (χ2n) is 5.28. The SMILES string of the molecule is O=C(Nc1ccccc1NS(=O)(=O)c1ccccc1)c1ccccc1.[RbH]. The molecule has 2 N–H and O–H groups in total. The van der Waals surface area contributed by atoms with Crippen LogP contribution in [0.4, 0.5) is 11.4 Å². The fraction of sp³-hybridized carbons (Fsp3) is 0. The number of hydrogen-bond donors (Lipinski definition) is 2. The summed E-state index contributed by atoms with van der Waals surface area (Å²) in [5.74, 6) is -0.313. The summed E-state index contributed by atoms with van der Waals surface area (Å²) in [4.78, 5) is 12.5. The molecule has 0 aliphatic carbocycles. The summed E-state index contributed by atoms with van der Waals surface area (Å²) in [6.45, 7) is 0. The van der Waals surface area contributed by atoms with Gasteiger partial charge in [0, 0.05) is 5.56 Å². The first kappa shape index (κ1) is 21.0. The van der Waals surface area contributed by atoms with Gasteiger partial charge >= 0.3 is 58.2 Å². The molecular weight excluding hydrogens is 422 g/mol. The van der Waals surface area contributed by atoms with Gasteiger partial charge in [-0.2, -0.15) is 0 Å². The van der Waals surface area contributed by atoms with Crippen LogP contribution in [0, 0.1) is 0 Å². The van der Waals surface area contributed by atoms with Crippen molar-refractivity contribution in [2.24, 2.45) is 0 Å². The van der Waals surface area contributed by atoms with E-state index in [2.05, 4.69) is 10.0 Å². The molecule has 7 heteroatoms. The van der Waals surface area contributed by atoms with Crippen LogP contribution in [0.1, 0.15) is 10.4 Å². The number of para-hydroxylation sites is 2. The summed E-state index contributed by atoms with van der Waals surface area (Å²) in [5.41, 5.74) is 1.18. The molecule has 0 atom stereocenters. The number of rotatable bonds is 5. The Labute approximate surface area is 201 Å². The monoisotopic (exact) mass is 438 g/mol. The summed E-state index contributed by atoms with van der Waals surface area (Å²) in [6, 6.07) is 23.4. The molecule has 3 aromatic carbocycles. The quantitative estimate of drug-likeness (QED) is 0.642. The van der Waals surface area contributed by atoms with Gasteiger partial charge in [0.1, 0.15) is 0 Å². The number of anilines is 2. The number of hydrogen-bond acceptors (Lipinski definition) is 3. The Morgan fingerprint density at radius 3 is 1.81 bits per heavy atom. The molecule has 128 valence electrons. The Morgan fingerprint density at radius 2 is 1.19 bits per heavy atom. The maximum atomic E-state index is 12.5. The first-order valence-electron chi connectivity index (χ1n) is 7.59. The first-order valence-corrected chi connectivity index (χ1v) is 9.08. The van der Waals surface area contributed by atoms with Crippen LogP contribution in [0.3, 0.4) is 0 Å². The fourth-order valence-electron chi connectivity index (χ4n) is 2.27. The van der Waals surface area contributed by atoms with Gasteiger partial charge in [-0.1, -0.05) is 48.5 Å². The van der Waals surface area contributed by atoms with Crippen molar-refractivity contribution in [1.82, 2.24) is 0 Å². The summed E-state index contributed by atoms with van der Waals surface area (Å²) < 4.78 is 27.5. The number of amides is 1. The molecule has 3 aromatic rings. The molecule has 26 heavy (non-hydrogen) atoms. The van der Waals surface area contributed by atoms with Gasteiger partial charge in [0.05, 0.1) is 16.3 Å². The Morgan fingerprint density at radius 1 is 0.692 bits per heavy atom. The molecule has 5 nitrogen and oxygen atoms in total. The summed E-state index contributed by atoms with van der Waals surface area (Å²) in [5, 5.41) is 2.73. The maximum absolute atomic E-state index is 12.5. The van der Waals surface area contributed by atoms with E-state index in [9.17, 15) is 13.2 Å². The van der Waals surface area contributed by atoms with Crippen molar-refractivity contribution in [3.63, 3.8) is 0 Å². The number of sulfonamides is 1. The van der Waals surface area contributed by atoms with E-state index in [1.54, 1.807) is 66.7 Å². The molecule has 0 radical (unpaired) electrons. The second-order valence-corrected chi connectivity index (χ2v) is 6.97. The third-order valence-corrected chi connectivity index (χ3v) is 4.89. The molecule has 0 spiro atoms. The van der Waals surface area contributed by atoms with Crippen LogP contribution in [0.15, 0.2) is 89.8 Å². The number of nitrogens with one attached hydrogen (secondary N) is 2. The normalized spacial score (nSPS) is 10.5. The van der Waals surface area contributed by atoms with Gasteiger partial charge < -0.3 is 5.32 Å². The zero-order chi connectivity index (χ0) is 17.7. The van der Waals surface area contributed by atoms with Crippen molar-refractivity contribution in [1.29, 1.82) is 0 Å². The van der Waals surface area contributed by atoms with E-state index < -0.39 is 10.0 Å². The van der Waals surface area contributed by atoms with E-state index in [1.807, 2.05) is 6.07 Å². The van der Waals surface area contributed by atoms with Gasteiger partial charge in [0.2, 0.25) is 0 Å². The van der Waals surface area contributed by atoms with E-state index in [1.165, 1.54) is 12.1 Å². The van der Waals surface area contributed by atoms with Crippen LogP contribution in [0.5, 0.6) is 0 Å². The van der Waals surface area contributed by atoms with Crippen molar-refractivity contribution in [3.05, 3.63) is 90.5 Å².